The van der Waals surface area contributed by atoms with Gasteiger partial charge < -0.3 is 5.11 Å². The van der Waals surface area contributed by atoms with Crippen molar-refractivity contribution in [3.63, 3.8) is 0 Å². The lowest BCUT2D eigenvalue weighted by molar-refractivity contribution is 0.229. The summed E-state index contributed by atoms with van der Waals surface area (Å²) in [7, 11) is 0. The number of hydrogen-bond donors (Lipinski definition) is 1. The van der Waals surface area contributed by atoms with Crippen molar-refractivity contribution in [2.24, 2.45) is 5.92 Å². The first kappa shape index (κ1) is 16.5. The Morgan fingerprint density at radius 3 is 2.70 bits per heavy atom. The standard InChI is InChI=1S/C17H19Cl2N3O/c18-13-6-7-14(15(19)9-13)17(23)16(22-11-20-10-21-22)8-12-4-2-1-3-5-12/h6-12,17,23H,1-5H2. The molecule has 1 atom stereocenters. The Bertz CT molecular complexity index is 679. The highest BCUT2D eigenvalue weighted by Crippen LogP contribution is 2.34. The van der Waals surface area contributed by atoms with Crippen molar-refractivity contribution < 1.29 is 5.11 Å². The Labute approximate surface area is 145 Å². The first-order chi connectivity index (χ1) is 11.1. The van der Waals surface area contributed by atoms with Crippen LogP contribution in [-0.2, 0) is 0 Å². The van der Waals surface area contributed by atoms with Crippen molar-refractivity contribution in [2.45, 2.75) is 38.2 Å². The van der Waals surface area contributed by atoms with Crippen LogP contribution >= 0.6 is 23.2 Å². The van der Waals surface area contributed by atoms with Gasteiger partial charge in [-0.15, -0.1) is 0 Å². The molecule has 0 bridgehead atoms. The van der Waals surface area contributed by atoms with E-state index in [1.165, 1.54) is 25.6 Å². The Hall–Kier alpha value is -1.36. The molecule has 4 nitrogen and oxygen atoms in total. The van der Waals surface area contributed by atoms with Crippen LogP contribution in [-0.4, -0.2) is 19.9 Å². The van der Waals surface area contributed by atoms with Gasteiger partial charge in [0.15, 0.2) is 0 Å². The summed E-state index contributed by atoms with van der Waals surface area (Å²) < 4.78 is 1.62. The topological polar surface area (TPSA) is 50.9 Å². The summed E-state index contributed by atoms with van der Waals surface area (Å²) in [4.78, 5) is 3.99. The summed E-state index contributed by atoms with van der Waals surface area (Å²) in [6.45, 7) is 0. The number of aromatic nitrogens is 3. The molecular formula is C17H19Cl2N3O. The fourth-order valence-electron chi connectivity index (χ4n) is 3.06. The third-order valence-electron chi connectivity index (χ3n) is 4.28. The van der Waals surface area contributed by atoms with Crippen LogP contribution in [0.15, 0.2) is 36.9 Å². The maximum atomic E-state index is 10.9. The molecule has 1 fully saturated rings. The van der Waals surface area contributed by atoms with E-state index in [4.69, 9.17) is 23.2 Å². The van der Waals surface area contributed by atoms with E-state index in [0.29, 0.717) is 27.2 Å². The molecule has 3 rings (SSSR count). The molecule has 0 aliphatic heterocycles. The average Bonchev–Trinajstić information content (AvgIpc) is 3.07. The van der Waals surface area contributed by atoms with Gasteiger partial charge in [-0.25, -0.2) is 9.67 Å². The SMILES string of the molecule is OC(C(=CC1CCCCC1)n1cncn1)c1ccc(Cl)cc1Cl. The fourth-order valence-corrected chi connectivity index (χ4v) is 3.57. The first-order valence-corrected chi connectivity index (χ1v) is 8.60. The van der Waals surface area contributed by atoms with Gasteiger partial charge in [-0.2, -0.15) is 5.10 Å². The zero-order chi connectivity index (χ0) is 16.2. The molecule has 1 heterocycles. The fraction of sp³-hybridized carbons (Fsp3) is 0.412. The van der Waals surface area contributed by atoms with Gasteiger partial charge in [0.1, 0.15) is 18.8 Å². The van der Waals surface area contributed by atoms with Crippen molar-refractivity contribution in [1.82, 2.24) is 14.8 Å². The lowest BCUT2D eigenvalue weighted by Crippen LogP contribution is -2.12. The van der Waals surface area contributed by atoms with Crippen LogP contribution in [0.3, 0.4) is 0 Å². The van der Waals surface area contributed by atoms with Crippen molar-refractivity contribution in [3.8, 4) is 0 Å². The third-order valence-corrected chi connectivity index (χ3v) is 4.84. The van der Waals surface area contributed by atoms with E-state index >= 15 is 0 Å². The minimum absolute atomic E-state index is 0.444. The highest BCUT2D eigenvalue weighted by atomic mass is 35.5. The van der Waals surface area contributed by atoms with Gasteiger partial charge >= 0.3 is 0 Å². The average molecular weight is 352 g/mol. The zero-order valence-corrected chi connectivity index (χ0v) is 14.2. The molecule has 122 valence electrons. The normalized spacial score (nSPS) is 18.1. The van der Waals surface area contributed by atoms with E-state index < -0.39 is 6.10 Å². The smallest absolute Gasteiger partial charge is 0.138 e. The van der Waals surface area contributed by atoms with E-state index in [0.717, 1.165) is 12.8 Å². The largest absolute Gasteiger partial charge is 0.382 e. The van der Waals surface area contributed by atoms with E-state index in [-0.39, 0.29) is 0 Å². The predicted molar refractivity (Wildman–Crippen MR) is 92.3 cm³/mol. The van der Waals surface area contributed by atoms with Crippen LogP contribution in [0.2, 0.25) is 10.0 Å². The van der Waals surface area contributed by atoms with Crippen molar-refractivity contribution in [1.29, 1.82) is 0 Å². The molecule has 1 aliphatic rings. The number of halogens is 2. The monoisotopic (exact) mass is 351 g/mol. The Morgan fingerprint density at radius 1 is 1.26 bits per heavy atom. The number of aliphatic hydroxyl groups is 1. The number of nitrogens with zero attached hydrogens (tertiary/aromatic N) is 3. The summed E-state index contributed by atoms with van der Waals surface area (Å²) in [5.41, 5.74) is 1.31. The second-order valence-corrected chi connectivity index (χ2v) is 6.74. The number of hydrogen-bond acceptors (Lipinski definition) is 3. The molecule has 0 radical (unpaired) electrons. The highest BCUT2D eigenvalue weighted by Gasteiger charge is 2.21. The third kappa shape index (κ3) is 3.94. The van der Waals surface area contributed by atoms with Gasteiger partial charge in [0, 0.05) is 15.6 Å². The Kier molecular flexibility index (Phi) is 5.36. The summed E-state index contributed by atoms with van der Waals surface area (Å²) in [6, 6.07) is 5.12. The second-order valence-electron chi connectivity index (χ2n) is 5.90. The summed E-state index contributed by atoms with van der Waals surface area (Å²) in [5, 5.41) is 16.0. The number of benzene rings is 1. The molecule has 6 heteroatoms. The molecule has 1 N–H and O–H groups in total. The second kappa shape index (κ2) is 7.47. The molecule has 1 aromatic heterocycles. The number of rotatable bonds is 4. The van der Waals surface area contributed by atoms with E-state index in [2.05, 4.69) is 16.2 Å². The number of allylic oxidation sites excluding steroid dienone is 1. The van der Waals surface area contributed by atoms with Crippen LogP contribution in [0.5, 0.6) is 0 Å². The Morgan fingerprint density at radius 2 is 2.04 bits per heavy atom. The molecular weight excluding hydrogens is 333 g/mol. The van der Waals surface area contributed by atoms with E-state index in [1.807, 2.05) is 0 Å². The molecule has 2 aromatic rings. The highest BCUT2D eigenvalue weighted by molar-refractivity contribution is 6.35. The van der Waals surface area contributed by atoms with Crippen LogP contribution in [0, 0.1) is 5.92 Å². The Balaban J connectivity index is 1.95. The molecule has 0 saturated heterocycles. The predicted octanol–water partition coefficient (Wildman–Crippen LogP) is 4.74. The molecule has 1 aromatic carbocycles. The zero-order valence-electron chi connectivity index (χ0n) is 12.7. The van der Waals surface area contributed by atoms with Crippen molar-refractivity contribution >= 4 is 28.9 Å². The molecule has 0 spiro atoms. The summed E-state index contributed by atoms with van der Waals surface area (Å²) in [5.74, 6) is 0.448. The molecule has 1 saturated carbocycles. The van der Waals surface area contributed by atoms with Crippen LogP contribution in [0.1, 0.15) is 43.8 Å². The van der Waals surface area contributed by atoms with Crippen LogP contribution in [0.25, 0.3) is 5.70 Å². The molecule has 1 unspecified atom stereocenters. The maximum absolute atomic E-state index is 10.9. The van der Waals surface area contributed by atoms with E-state index in [9.17, 15) is 5.11 Å². The molecule has 23 heavy (non-hydrogen) atoms. The first-order valence-electron chi connectivity index (χ1n) is 7.85. The van der Waals surface area contributed by atoms with Gasteiger partial charge in [-0.1, -0.05) is 54.6 Å². The minimum Gasteiger partial charge on any atom is -0.382 e. The van der Waals surface area contributed by atoms with Crippen molar-refractivity contribution in [3.05, 3.63) is 52.5 Å². The van der Waals surface area contributed by atoms with Crippen LogP contribution < -0.4 is 0 Å². The van der Waals surface area contributed by atoms with Gasteiger partial charge in [0.25, 0.3) is 0 Å². The summed E-state index contributed by atoms with van der Waals surface area (Å²) in [6.07, 6.45) is 10.3. The molecule has 1 aliphatic carbocycles. The van der Waals surface area contributed by atoms with Gasteiger partial charge in [-0.05, 0) is 30.9 Å². The quantitative estimate of drug-likeness (QED) is 0.865. The number of aliphatic hydroxyl groups excluding tert-OH is 1. The van der Waals surface area contributed by atoms with E-state index in [1.54, 1.807) is 29.2 Å². The van der Waals surface area contributed by atoms with Gasteiger partial charge in [-0.3, -0.25) is 0 Å². The molecule has 0 amide bonds. The van der Waals surface area contributed by atoms with Crippen LogP contribution in [0.4, 0.5) is 0 Å². The van der Waals surface area contributed by atoms with Gasteiger partial charge in [0.05, 0.1) is 5.70 Å². The lowest BCUT2D eigenvalue weighted by atomic mass is 9.88. The minimum atomic E-state index is -0.872. The summed E-state index contributed by atoms with van der Waals surface area (Å²) >= 11 is 12.2. The lowest BCUT2D eigenvalue weighted by Gasteiger charge is -2.22. The van der Waals surface area contributed by atoms with Gasteiger partial charge in [0.2, 0.25) is 0 Å². The maximum Gasteiger partial charge on any atom is 0.138 e. The van der Waals surface area contributed by atoms with Crippen molar-refractivity contribution in [2.75, 3.05) is 0 Å².